The molecule has 6 nitrogen and oxygen atoms in total. The van der Waals surface area contributed by atoms with Crippen molar-refractivity contribution in [2.45, 2.75) is 0 Å². The standard InChI is InChI=1S/C16H16N6/c17-5-12(6-18)16-9-21-14-2-1-10(4-15(14)22-16)11-3-13(19)8-20-7-11/h1-5,7-9H,6,17-19H2/b12-5+. The number of benzene rings is 1. The second-order valence-electron chi connectivity index (χ2n) is 4.86. The van der Waals surface area contributed by atoms with E-state index in [-0.39, 0.29) is 0 Å². The molecule has 0 radical (unpaired) electrons. The highest BCUT2D eigenvalue weighted by Crippen LogP contribution is 2.24. The summed E-state index contributed by atoms with van der Waals surface area (Å²) in [5.74, 6) is 0. The minimum absolute atomic E-state index is 0.315. The van der Waals surface area contributed by atoms with Crippen molar-refractivity contribution in [3.8, 4) is 11.1 Å². The molecule has 0 spiro atoms. The van der Waals surface area contributed by atoms with Gasteiger partial charge in [0.15, 0.2) is 0 Å². The lowest BCUT2D eigenvalue weighted by Gasteiger charge is -2.07. The van der Waals surface area contributed by atoms with E-state index in [1.54, 1.807) is 18.6 Å². The maximum atomic E-state index is 5.78. The van der Waals surface area contributed by atoms with Gasteiger partial charge in [-0.1, -0.05) is 6.07 Å². The highest BCUT2D eigenvalue weighted by atomic mass is 14.8. The van der Waals surface area contributed by atoms with Gasteiger partial charge in [0.1, 0.15) is 0 Å². The van der Waals surface area contributed by atoms with Gasteiger partial charge in [-0.05, 0) is 23.8 Å². The number of nitrogens with two attached hydrogens (primary N) is 3. The summed E-state index contributed by atoms with van der Waals surface area (Å²) in [6, 6.07) is 7.71. The van der Waals surface area contributed by atoms with Gasteiger partial charge in [0, 0.05) is 36.3 Å². The predicted molar refractivity (Wildman–Crippen MR) is 88.4 cm³/mol. The first-order chi connectivity index (χ1) is 10.7. The van der Waals surface area contributed by atoms with Crippen LogP contribution < -0.4 is 17.2 Å². The summed E-state index contributed by atoms with van der Waals surface area (Å²) in [7, 11) is 0. The summed E-state index contributed by atoms with van der Waals surface area (Å²) in [5, 5.41) is 0. The molecule has 0 bridgehead atoms. The summed E-state index contributed by atoms with van der Waals surface area (Å²) in [6.45, 7) is 0.315. The van der Waals surface area contributed by atoms with Crippen LogP contribution in [0, 0.1) is 0 Å². The van der Waals surface area contributed by atoms with Gasteiger partial charge in [-0.15, -0.1) is 0 Å². The molecule has 2 aromatic heterocycles. The Morgan fingerprint density at radius 1 is 1.05 bits per heavy atom. The minimum Gasteiger partial charge on any atom is -0.404 e. The van der Waals surface area contributed by atoms with E-state index in [0.29, 0.717) is 17.9 Å². The third-order valence-corrected chi connectivity index (χ3v) is 3.39. The number of nitrogens with zero attached hydrogens (tertiary/aromatic N) is 3. The molecule has 0 saturated heterocycles. The molecule has 3 aromatic rings. The van der Waals surface area contributed by atoms with E-state index in [2.05, 4.69) is 15.0 Å². The molecule has 2 heterocycles. The summed E-state index contributed by atoms with van der Waals surface area (Å²) in [4.78, 5) is 13.1. The third-order valence-electron chi connectivity index (χ3n) is 3.39. The molecule has 6 N–H and O–H groups in total. The van der Waals surface area contributed by atoms with Crippen LogP contribution in [0.4, 0.5) is 5.69 Å². The summed E-state index contributed by atoms with van der Waals surface area (Å²) in [6.07, 6.45) is 6.51. The van der Waals surface area contributed by atoms with E-state index in [0.717, 1.165) is 27.7 Å². The van der Waals surface area contributed by atoms with E-state index in [4.69, 9.17) is 17.2 Å². The van der Waals surface area contributed by atoms with Crippen LogP contribution in [0.5, 0.6) is 0 Å². The molecule has 6 heteroatoms. The molecule has 0 aliphatic carbocycles. The summed E-state index contributed by atoms with van der Waals surface area (Å²) < 4.78 is 0. The molecular formula is C16H16N6. The SMILES string of the molecule is N/C=C(\CN)c1cnc2ccc(-c3cncc(N)c3)cc2n1. The Kier molecular flexibility index (Phi) is 3.67. The number of nitrogen functional groups attached to an aromatic ring is 1. The molecule has 0 amide bonds. The predicted octanol–water partition coefficient (Wildman–Crippen LogP) is 1.53. The van der Waals surface area contributed by atoms with E-state index in [9.17, 15) is 0 Å². The van der Waals surface area contributed by atoms with Crippen LogP contribution in [0.1, 0.15) is 5.69 Å². The first-order valence-corrected chi connectivity index (χ1v) is 6.80. The molecular weight excluding hydrogens is 276 g/mol. The van der Waals surface area contributed by atoms with Gasteiger partial charge in [0.05, 0.1) is 28.6 Å². The fourth-order valence-electron chi connectivity index (χ4n) is 2.22. The second-order valence-corrected chi connectivity index (χ2v) is 4.86. The maximum Gasteiger partial charge on any atom is 0.0900 e. The Morgan fingerprint density at radius 2 is 1.91 bits per heavy atom. The first-order valence-electron chi connectivity index (χ1n) is 6.80. The highest BCUT2D eigenvalue weighted by Gasteiger charge is 2.06. The lowest BCUT2D eigenvalue weighted by atomic mass is 10.1. The third kappa shape index (κ3) is 2.59. The molecule has 3 rings (SSSR count). The Hall–Kier alpha value is -2.99. The average Bonchev–Trinajstić information content (AvgIpc) is 2.55. The second kappa shape index (κ2) is 5.79. The molecule has 0 aliphatic heterocycles. The van der Waals surface area contributed by atoms with Gasteiger partial charge in [-0.25, -0.2) is 4.98 Å². The molecule has 0 atom stereocenters. The number of fused-ring (bicyclic) bond motifs is 1. The number of aromatic nitrogens is 3. The van der Waals surface area contributed by atoms with Crippen molar-refractivity contribution in [1.29, 1.82) is 0 Å². The molecule has 110 valence electrons. The Morgan fingerprint density at radius 3 is 2.64 bits per heavy atom. The summed E-state index contributed by atoms with van der Waals surface area (Å²) >= 11 is 0. The Labute approximate surface area is 127 Å². The number of anilines is 1. The van der Waals surface area contributed by atoms with Gasteiger partial charge in [-0.2, -0.15) is 0 Å². The number of pyridine rings is 1. The molecule has 0 saturated carbocycles. The van der Waals surface area contributed by atoms with Crippen molar-refractivity contribution in [3.05, 3.63) is 54.7 Å². The van der Waals surface area contributed by atoms with E-state index in [1.807, 2.05) is 24.3 Å². The van der Waals surface area contributed by atoms with Gasteiger partial charge in [0.2, 0.25) is 0 Å². The minimum atomic E-state index is 0.315. The molecule has 0 aliphatic rings. The molecule has 0 fully saturated rings. The average molecular weight is 292 g/mol. The van der Waals surface area contributed by atoms with Crippen LogP contribution in [0.3, 0.4) is 0 Å². The largest absolute Gasteiger partial charge is 0.404 e. The first kappa shape index (κ1) is 14.0. The maximum absolute atomic E-state index is 5.78. The Balaban J connectivity index is 2.12. The molecule has 0 unspecified atom stereocenters. The van der Waals surface area contributed by atoms with E-state index in [1.165, 1.54) is 6.20 Å². The van der Waals surface area contributed by atoms with Crippen molar-refractivity contribution in [2.75, 3.05) is 12.3 Å². The molecule has 1 aromatic carbocycles. The normalized spacial score (nSPS) is 11.8. The highest BCUT2D eigenvalue weighted by molar-refractivity contribution is 5.83. The number of hydrogen-bond acceptors (Lipinski definition) is 6. The zero-order valence-corrected chi connectivity index (χ0v) is 11.9. The van der Waals surface area contributed by atoms with Gasteiger partial charge in [0.25, 0.3) is 0 Å². The van der Waals surface area contributed by atoms with Crippen LogP contribution in [0.2, 0.25) is 0 Å². The zero-order chi connectivity index (χ0) is 15.5. The van der Waals surface area contributed by atoms with Crippen LogP contribution in [-0.4, -0.2) is 21.5 Å². The van der Waals surface area contributed by atoms with Crippen LogP contribution in [-0.2, 0) is 0 Å². The quantitative estimate of drug-likeness (QED) is 0.674. The van der Waals surface area contributed by atoms with Gasteiger partial charge < -0.3 is 17.2 Å². The van der Waals surface area contributed by atoms with Gasteiger partial charge >= 0.3 is 0 Å². The van der Waals surface area contributed by atoms with Crippen molar-refractivity contribution >= 4 is 22.3 Å². The van der Waals surface area contributed by atoms with Crippen LogP contribution in [0.15, 0.2) is 49.1 Å². The monoisotopic (exact) mass is 292 g/mol. The van der Waals surface area contributed by atoms with Crippen molar-refractivity contribution in [3.63, 3.8) is 0 Å². The fraction of sp³-hybridized carbons (Fsp3) is 0.0625. The smallest absolute Gasteiger partial charge is 0.0900 e. The topological polar surface area (TPSA) is 117 Å². The van der Waals surface area contributed by atoms with Crippen molar-refractivity contribution in [1.82, 2.24) is 15.0 Å². The molecule has 22 heavy (non-hydrogen) atoms. The van der Waals surface area contributed by atoms with Crippen molar-refractivity contribution < 1.29 is 0 Å². The summed E-state index contributed by atoms with van der Waals surface area (Å²) in [5.41, 5.74) is 22.5. The zero-order valence-electron chi connectivity index (χ0n) is 11.9. The van der Waals surface area contributed by atoms with Crippen molar-refractivity contribution in [2.24, 2.45) is 11.5 Å². The fourth-order valence-corrected chi connectivity index (χ4v) is 2.22. The lowest BCUT2D eigenvalue weighted by Crippen LogP contribution is -2.06. The Bertz CT molecular complexity index is 856. The number of rotatable bonds is 3. The van der Waals surface area contributed by atoms with Crippen LogP contribution >= 0.6 is 0 Å². The van der Waals surface area contributed by atoms with Gasteiger partial charge in [-0.3, -0.25) is 9.97 Å². The number of hydrogen-bond donors (Lipinski definition) is 3. The lowest BCUT2D eigenvalue weighted by molar-refractivity contribution is 1.18. The van der Waals surface area contributed by atoms with Crippen LogP contribution in [0.25, 0.3) is 27.7 Å². The van der Waals surface area contributed by atoms with E-state index < -0.39 is 0 Å². The van der Waals surface area contributed by atoms with E-state index >= 15 is 0 Å².